The summed E-state index contributed by atoms with van der Waals surface area (Å²) in [4.78, 5) is 12.5. The van der Waals surface area contributed by atoms with Crippen LogP contribution in [-0.4, -0.2) is 25.7 Å². The summed E-state index contributed by atoms with van der Waals surface area (Å²) in [6, 6.07) is 7.69. The number of benzene rings is 1. The van der Waals surface area contributed by atoms with Gasteiger partial charge in [-0.1, -0.05) is 32.4 Å². The van der Waals surface area contributed by atoms with E-state index in [1.807, 2.05) is 24.3 Å². The first-order valence-electron chi connectivity index (χ1n) is 7.53. The molecule has 1 aliphatic carbocycles. The van der Waals surface area contributed by atoms with Gasteiger partial charge in [0.15, 0.2) is 0 Å². The van der Waals surface area contributed by atoms with E-state index in [2.05, 4.69) is 19.2 Å². The fourth-order valence-electron chi connectivity index (χ4n) is 3.31. The third-order valence-electron chi connectivity index (χ3n) is 4.62. The quantitative estimate of drug-likeness (QED) is 0.863. The third-order valence-corrected chi connectivity index (χ3v) is 4.62. The Morgan fingerprint density at radius 3 is 2.62 bits per heavy atom. The van der Waals surface area contributed by atoms with E-state index in [9.17, 15) is 4.79 Å². The fourth-order valence-corrected chi connectivity index (χ4v) is 3.31. The maximum atomic E-state index is 12.5. The van der Waals surface area contributed by atoms with Crippen LogP contribution in [0, 0.1) is 11.8 Å². The first kappa shape index (κ1) is 15.7. The molecule has 0 aromatic heterocycles. The van der Waals surface area contributed by atoms with Gasteiger partial charge >= 0.3 is 5.97 Å². The molecule has 4 nitrogen and oxygen atoms in total. The molecule has 0 amide bonds. The molecule has 1 N–H and O–H groups in total. The lowest BCUT2D eigenvalue weighted by Crippen LogP contribution is -2.55. The molecule has 1 aromatic carbocycles. The first-order valence-corrected chi connectivity index (χ1v) is 7.53. The van der Waals surface area contributed by atoms with E-state index in [4.69, 9.17) is 9.47 Å². The number of anilines is 1. The molecule has 0 aliphatic heterocycles. The van der Waals surface area contributed by atoms with Crippen LogP contribution >= 0.6 is 0 Å². The van der Waals surface area contributed by atoms with E-state index >= 15 is 0 Å². The molecule has 0 spiro atoms. The molecule has 0 bridgehead atoms. The van der Waals surface area contributed by atoms with E-state index in [-0.39, 0.29) is 11.9 Å². The monoisotopic (exact) mass is 291 g/mol. The van der Waals surface area contributed by atoms with E-state index in [1.165, 1.54) is 7.11 Å². The minimum Gasteiger partial charge on any atom is -0.495 e. The zero-order valence-electron chi connectivity index (χ0n) is 13.3. The maximum absolute atomic E-state index is 12.5. The molecule has 2 rings (SSSR count). The van der Waals surface area contributed by atoms with E-state index in [1.54, 1.807) is 7.11 Å². The molecule has 21 heavy (non-hydrogen) atoms. The van der Waals surface area contributed by atoms with Crippen LogP contribution in [0.5, 0.6) is 5.75 Å². The van der Waals surface area contributed by atoms with Gasteiger partial charge in [-0.25, -0.2) is 4.79 Å². The first-order chi connectivity index (χ1) is 10.0. The van der Waals surface area contributed by atoms with Crippen LogP contribution < -0.4 is 10.1 Å². The van der Waals surface area contributed by atoms with Crippen molar-refractivity contribution in [3.8, 4) is 5.75 Å². The maximum Gasteiger partial charge on any atom is 0.331 e. The Kier molecular flexibility index (Phi) is 4.76. The van der Waals surface area contributed by atoms with Crippen LogP contribution in [-0.2, 0) is 9.53 Å². The van der Waals surface area contributed by atoms with Gasteiger partial charge in [-0.3, -0.25) is 0 Å². The molecule has 116 valence electrons. The van der Waals surface area contributed by atoms with E-state index in [0.29, 0.717) is 5.92 Å². The number of rotatable bonds is 4. The normalized spacial score (nSPS) is 28.8. The van der Waals surface area contributed by atoms with Gasteiger partial charge in [-0.15, -0.1) is 0 Å². The zero-order valence-corrected chi connectivity index (χ0v) is 13.3. The average Bonchev–Trinajstić information content (AvgIpc) is 2.50. The lowest BCUT2D eigenvalue weighted by molar-refractivity contribution is -0.150. The highest BCUT2D eigenvalue weighted by Gasteiger charge is 2.48. The molecule has 3 unspecified atom stereocenters. The Balaban J connectivity index is 2.38. The van der Waals surface area contributed by atoms with Crippen molar-refractivity contribution in [1.29, 1.82) is 0 Å². The Morgan fingerprint density at radius 2 is 1.95 bits per heavy atom. The topological polar surface area (TPSA) is 47.6 Å². The molecule has 0 saturated heterocycles. The second-order valence-electron chi connectivity index (χ2n) is 6.08. The van der Waals surface area contributed by atoms with Crippen molar-refractivity contribution in [1.82, 2.24) is 0 Å². The second kappa shape index (κ2) is 6.37. The minimum atomic E-state index is -0.680. The summed E-state index contributed by atoms with van der Waals surface area (Å²) in [6.45, 7) is 4.30. The second-order valence-corrected chi connectivity index (χ2v) is 6.08. The van der Waals surface area contributed by atoms with Crippen LogP contribution in [0.1, 0.15) is 33.1 Å². The number of nitrogens with one attached hydrogen (secondary N) is 1. The molecule has 3 atom stereocenters. The van der Waals surface area contributed by atoms with Gasteiger partial charge in [0, 0.05) is 0 Å². The number of carbonyl (C=O) groups is 1. The van der Waals surface area contributed by atoms with Crippen molar-refractivity contribution in [2.24, 2.45) is 11.8 Å². The summed E-state index contributed by atoms with van der Waals surface area (Å²) in [5, 5.41) is 3.45. The molecule has 1 aromatic rings. The summed E-state index contributed by atoms with van der Waals surface area (Å²) in [5.74, 6) is 1.26. The van der Waals surface area contributed by atoms with Crippen LogP contribution in [0.2, 0.25) is 0 Å². The van der Waals surface area contributed by atoms with Crippen molar-refractivity contribution >= 4 is 11.7 Å². The van der Waals surface area contributed by atoms with Gasteiger partial charge in [-0.05, 0) is 36.8 Å². The molecular weight excluding hydrogens is 266 g/mol. The highest BCUT2D eigenvalue weighted by atomic mass is 16.5. The Labute approximate surface area is 126 Å². The van der Waals surface area contributed by atoms with Gasteiger partial charge in [0.05, 0.1) is 19.9 Å². The number of ether oxygens (including phenoxy) is 2. The highest BCUT2D eigenvalue weighted by molar-refractivity contribution is 5.86. The van der Waals surface area contributed by atoms with Gasteiger partial charge < -0.3 is 14.8 Å². The van der Waals surface area contributed by atoms with Crippen molar-refractivity contribution in [2.45, 2.75) is 38.6 Å². The molecular formula is C17H25NO3. The molecule has 0 radical (unpaired) electrons. The molecule has 1 aliphatic rings. The molecule has 4 heteroatoms. The summed E-state index contributed by atoms with van der Waals surface area (Å²) < 4.78 is 10.5. The van der Waals surface area contributed by atoms with Crippen LogP contribution in [0.3, 0.4) is 0 Å². The molecule has 1 fully saturated rings. The van der Waals surface area contributed by atoms with Gasteiger partial charge in [0.25, 0.3) is 0 Å². The number of para-hydroxylation sites is 2. The van der Waals surface area contributed by atoms with Crippen molar-refractivity contribution < 1.29 is 14.3 Å². The largest absolute Gasteiger partial charge is 0.495 e. The number of methoxy groups -OCH3 is 2. The summed E-state index contributed by atoms with van der Waals surface area (Å²) in [7, 11) is 3.10. The van der Waals surface area contributed by atoms with Gasteiger partial charge in [-0.2, -0.15) is 0 Å². The summed E-state index contributed by atoms with van der Waals surface area (Å²) in [5.41, 5.74) is 0.160. The predicted octanol–water partition coefficient (Wildman–Crippen LogP) is 3.48. The summed E-state index contributed by atoms with van der Waals surface area (Å²) in [6.07, 6.45) is 2.94. The Morgan fingerprint density at radius 1 is 1.24 bits per heavy atom. The summed E-state index contributed by atoms with van der Waals surface area (Å²) >= 11 is 0. The Hall–Kier alpha value is -1.71. The average molecular weight is 291 g/mol. The zero-order chi connectivity index (χ0) is 15.5. The van der Waals surface area contributed by atoms with Crippen molar-refractivity contribution in [2.75, 3.05) is 19.5 Å². The van der Waals surface area contributed by atoms with Gasteiger partial charge in [0.2, 0.25) is 0 Å². The number of hydrogen-bond donors (Lipinski definition) is 1. The number of esters is 1. The predicted molar refractivity (Wildman–Crippen MR) is 83.5 cm³/mol. The van der Waals surface area contributed by atoms with E-state index < -0.39 is 5.54 Å². The molecule has 0 heterocycles. The van der Waals surface area contributed by atoms with Gasteiger partial charge in [0.1, 0.15) is 11.3 Å². The van der Waals surface area contributed by atoms with Crippen molar-refractivity contribution in [3.63, 3.8) is 0 Å². The Bertz CT molecular complexity index is 503. The van der Waals surface area contributed by atoms with Crippen LogP contribution in [0.25, 0.3) is 0 Å². The minimum absolute atomic E-state index is 0.188. The lowest BCUT2D eigenvalue weighted by atomic mass is 9.69. The van der Waals surface area contributed by atoms with E-state index in [0.717, 1.165) is 30.7 Å². The SMILES string of the molecule is COC(=O)C1(Nc2ccccc2OC)CC(C)CCC1C. The molecule has 1 saturated carbocycles. The van der Waals surface area contributed by atoms with Crippen LogP contribution in [0.15, 0.2) is 24.3 Å². The fraction of sp³-hybridized carbons (Fsp3) is 0.588. The standard InChI is InChI=1S/C17H25NO3/c1-12-9-10-13(2)17(11-12,16(19)21-4)18-14-7-5-6-8-15(14)20-3/h5-8,12-13,18H,9-11H2,1-4H3. The lowest BCUT2D eigenvalue weighted by Gasteiger charge is -2.43. The number of carbonyl (C=O) groups excluding carboxylic acids is 1. The third kappa shape index (κ3) is 2.99. The highest BCUT2D eigenvalue weighted by Crippen LogP contribution is 2.41. The smallest absolute Gasteiger partial charge is 0.331 e. The van der Waals surface area contributed by atoms with Crippen molar-refractivity contribution in [3.05, 3.63) is 24.3 Å². The van der Waals surface area contributed by atoms with Crippen LogP contribution in [0.4, 0.5) is 5.69 Å². The number of hydrogen-bond acceptors (Lipinski definition) is 4.